The van der Waals surface area contributed by atoms with E-state index in [1.54, 1.807) is 17.4 Å². The summed E-state index contributed by atoms with van der Waals surface area (Å²) < 4.78 is 53.3. The molecule has 0 atom stereocenters. The molecule has 4 aromatic rings. The van der Waals surface area contributed by atoms with Gasteiger partial charge in [-0.3, -0.25) is 9.20 Å². The summed E-state index contributed by atoms with van der Waals surface area (Å²) in [5.41, 5.74) is 0.944. The van der Waals surface area contributed by atoms with E-state index in [2.05, 4.69) is 9.88 Å². The second-order valence-electron chi connectivity index (χ2n) is 8.94. The number of anilines is 1. The Kier molecular flexibility index (Phi) is 6.40. The van der Waals surface area contributed by atoms with Crippen LogP contribution in [0.1, 0.15) is 28.2 Å². The number of morpholine rings is 1. The van der Waals surface area contributed by atoms with Crippen molar-refractivity contribution in [2.75, 3.05) is 44.3 Å². The Morgan fingerprint density at radius 2 is 1.95 bits per heavy atom. The van der Waals surface area contributed by atoms with Crippen molar-refractivity contribution in [3.63, 3.8) is 0 Å². The maximum absolute atomic E-state index is 13.9. The molecular formula is C25H21ClF3N5O3S. The first-order valence-electron chi connectivity index (χ1n) is 11.9. The molecule has 2 aliphatic rings. The Hall–Kier alpha value is -3.35. The van der Waals surface area contributed by atoms with E-state index >= 15 is 0 Å². The lowest BCUT2D eigenvalue weighted by Gasteiger charge is -2.26. The Labute approximate surface area is 223 Å². The zero-order valence-electron chi connectivity index (χ0n) is 19.9. The van der Waals surface area contributed by atoms with E-state index in [9.17, 15) is 18.0 Å². The summed E-state index contributed by atoms with van der Waals surface area (Å²) in [7, 11) is 0. The molecular weight excluding hydrogens is 543 g/mol. The van der Waals surface area contributed by atoms with Gasteiger partial charge in [0, 0.05) is 48.9 Å². The van der Waals surface area contributed by atoms with Crippen LogP contribution in [0.5, 0.6) is 0 Å². The van der Waals surface area contributed by atoms with Crippen molar-refractivity contribution in [2.45, 2.75) is 12.6 Å². The average molecular weight is 564 g/mol. The van der Waals surface area contributed by atoms with Crippen molar-refractivity contribution in [1.29, 1.82) is 0 Å². The molecule has 0 aromatic carbocycles. The molecule has 6 rings (SSSR count). The summed E-state index contributed by atoms with van der Waals surface area (Å²) in [5, 5.41) is 2.77. The topological polar surface area (TPSA) is 76.1 Å². The fraction of sp³-hybridized carbons (Fsp3) is 0.320. The lowest BCUT2D eigenvalue weighted by atomic mass is 10.1. The van der Waals surface area contributed by atoms with Crippen molar-refractivity contribution in [2.24, 2.45) is 0 Å². The van der Waals surface area contributed by atoms with Gasteiger partial charge in [0.2, 0.25) is 0 Å². The highest BCUT2D eigenvalue weighted by molar-refractivity contribution is 7.13. The zero-order chi connectivity index (χ0) is 26.4. The summed E-state index contributed by atoms with van der Waals surface area (Å²) in [6, 6.07) is 2.52. The Morgan fingerprint density at radius 3 is 2.63 bits per heavy atom. The maximum Gasteiger partial charge on any atom is 0.420 e. The summed E-state index contributed by atoms with van der Waals surface area (Å²) in [6.45, 7) is 3.59. The summed E-state index contributed by atoms with van der Waals surface area (Å²) >= 11 is 8.02. The molecule has 38 heavy (non-hydrogen) atoms. The van der Waals surface area contributed by atoms with Crippen LogP contribution in [0.15, 0.2) is 46.7 Å². The van der Waals surface area contributed by atoms with Gasteiger partial charge in [-0.15, -0.1) is 11.3 Å². The maximum atomic E-state index is 13.9. The smallest absolute Gasteiger partial charge is 0.420 e. The van der Waals surface area contributed by atoms with Crippen LogP contribution in [-0.2, 0) is 10.9 Å². The largest absolute Gasteiger partial charge is 0.472 e. The lowest BCUT2D eigenvalue weighted by Crippen LogP contribution is -2.36. The predicted molar refractivity (Wildman–Crippen MR) is 137 cm³/mol. The van der Waals surface area contributed by atoms with Crippen LogP contribution in [0.3, 0.4) is 0 Å². The van der Waals surface area contributed by atoms with Gasteiger partial charge in [0.1, 0.15) is 5.15 Å². The van der Waals surface area contributed by atoms with Crippen molar-refractivity contribution < 1.29 is 27.1 Å². The van der Waals surface area contributed by atoms with Crippen LogP contribution in [0.2, 0.25) is 5.15 Å². The van der Waals surface area contributed by atoms with Crippen molar-refractivity contribution in [3.05, 3.63) is 64.4 Å². The molecule has 0 N–H and O–H groups in total. The minimum absolute atomic E-state index is 0.176. The average Bonchev–Trinajstić information content (AvgIpc) is 3.69. The van der Waals surface area contributed by atoms with Gasteiger partial charge in [-0.2, -0.15) is 13.2 Å². The molecule has 0 aliphatic carbocycles. The zero-order valence-corrected chi connectivity index (χ0v) is 21.4. The van der Waals surface area contributed by atoms with Crippen molar-refractivity contribution >= 4 is 45.2 Å². The SMILES string of the molecule is O=C(c1nc2c(C(F)(F)F)cc(-c3ccoc3)cn2c1Cl)N1CC=C(c2csc(N3CCOCC3)n2)CC1. The van der Waals surface area contributed by atoms with E-state index in [1.165, 1.54) is 23.6 Å². The number of amides is 1. The summed E-state index contributed by atoms with van der Waals surface area (Å²) in [5.74, 6) is -0.528. The normalized spacial score (nSPS) is 16.8. The van der Waals surface area contributed by atoms with E-state index in [0.29, 0.717) is 31.7 Å². The van der Waals surface area contributed by atoms with Gasteiger partial charge in [-0.25, -0.2) is 9.97 Å². The van der Waals surface area contributed by atoms with Crippen LogP contribution < -0.4 is 4.90 Å². The second kappa shape index (κ2) is 9.75. The number of fused-ring (bicyclic) bond motifs is 1. The van der Waals surface area contributed by atoms with Crippen LogP contribution in [-0.4, -0.2) is 64.6 Å². The third-order valence-corrected chi connectivity index (χ3v) is 7.89. The van der Waals surface area contributed by atoms with Gasteiger partial charge >= 0.3 is 6.18 Å². The Morgan fingerprint density at radius 1 is 1.13 bits per heavy atom. The molecule has 0 unspecified atom stereocenters. The van der Waals surface area contributed by atoms with Crippen LogP contribution in [0.4, 0.5) is 18.3 Å². The van der Waals surface area contributed by atoms with Gasteiger partial charge in [0.25, 0.3) is 5.91 Å². The number of imidazole rings is 1. The molecule has 1 saturated heterocycles. The number of hydrogen-bond acceptors (Lipinski definition) is 7. The molecule has 2 aliphatic heterocycles. The number of carbonyl (C=O) groups is 1. The third kappa shape index (κ3) is 4.56. The quantitative estimate of drug-likeness (QED) is 0.327. The van der Waals surface area contributed by atoms with Gasteiger partial charge in [0.05, 0.1) is 37.0 Å². The number of hydrogen-bond donors (Lipinski definition) is 0. The summed E-state index contributed by atoms with van der Waals surface area (Å²) in [4.78, 5) is 25.9. The fourth-order valence-corrected chi connectivity index (χ4v) is 5.75. The molecule has 0 radical (unpaired) electrons. The molecule has 4 aromatic heterocycles. The van der Waals surface area contributed by atoms with E-state index in [1.807, 2.05) is 11.5 Å². The number of aromatic nitrogens is 3. The number of ether oxygens (including phenoxy) is 1. The van der Waals surface area contributed by atoms with Crippen LogP contribution in [0.25, 0.3) is 22.3 Å². The standard InChI is InChI=1S/C25H21ClF3N5O3S/c26-21-20(31-22-18(25(27,28)29)11-17(12-34(21)22)16-3-8-37-13-16)23(35)32-4-1-15(2-5-32)19-14-38-24(30-19)33-6-9-36-10-7-33/h1,3,8,11-14H,2,4-7,9-10H2. The number of pyridine rings is 1. The monoisotopic (exact) mass is 563 g/mol. The number of rotatable bonds is 4. The first-order chi connectivity index (χ1) is 18.3. The van der Waals surface area contributed by atoms with Gasteiger partial charge < -0.3 is 19.0 Å². The molecule has 0 spiro atoms. The Balaban J connectivity index is 1.26. The fourth-order valence-electron chi connectivity index (χ4n) is 4.60. The first-order valence-corrected chi connectivity index (χ1v) is 13.1. The van der Waals surface area contributed by atoms with E-state index < -0.39 is 23.3 Å². The highest BCUT2D eigenvalue weighted by Gasteiger charge is 2.37. The molecule has 0 bridgehead atoms. The molecule has 1 fully saturated rings. The van der Waals surface area contributed by atoms with Crippen LogP contribution in [0, 0.1) is 0 Å². The van der Waals surface area contributed by atoms with Crippen LogP contribution >= 0.6 is 22.9 Å². The number of carbonyl (C=O) groups excluding carboxylic acids is 1. The van der Waals surface area contributed by atoms with E-state index in [-0.39, 0.29) is 23.0 Å². The Bertz CT molecular complexity index is 1520. The second-order valence-corrected chi connectivity index (χ2v) is 10.1. The highest BCUT2D eigenvalue weighted by atomic mass is 35.5. The first kappa shape index (κ1) is 25.0. The highest BCUT2D eigenvalue weighted by Crippen LogP contribution is 2.37. The molecule has 198 valence electrons. The molecule has 1 amide bonds. The van der Waals surface area contributed by atoms with E-state index in [4.69, 9.17) is 25.7 Å². The number of thiazole rings is 1. The molecule has 6 heterocycles. The summed E-state index contributed by atoms with van der Waals surface area (Å²) in [6.07, 6.45) is 1.89. The molecule has 0 saturated carbocycles. The van der Waals surface area contributed by atoms with Gasteiger partial charge in [0.15, 0.2) is 16.5 Å². The minimum Gasteiger partial charge on any atom is -0.472 e. The molecule has 13 heteroatoms. The molecule has 8 nitrogen and oxygen atoms in total. The third-order valence-electron chi connectivity index (χ3n) is 6.62. The number of halogens is 4. The predicted octanol–water partition coefficient (Wildman–Crippen LogP) is 5.49. The van der Waals surface area contributed by atoms with Crippen molar-refractivity contribution in [1.82, 2.24) is 19.3 Å². The number of nitrogens with zero attached hydrogens (tertiary/aromatic N) is 5. The lowest BCUT2D eigenvalue weighted by molar-refractivity contribution is -0.136. The van der Waals surface area contributed by atoms with Gasteiger partial charge in [-0.1, -0.05) is 17.7 Å². The van der Waals surface area contributed by atoms with Crippen molar-refractivity contribution in [3.8, 4) is 11.1 Å². The van der Waals surface area contributed by atoms with E-state index in [0.717, 1.165) is 40.0 Å². The minimum atomic E-state index is -4.70. The van der Waals surface area contributed by atoms with Gasteiger partial charge in [-0.05, 0) is 24.1 Å². The number of furan rings is 1. The number of alkyl halides is 3.